The molecule has 6 heteroatoms. The minimum atomic E-state index is -0.418. The molecule has 1 fully saturated rings. The molecule has 2 amide bonds. The topological polar surface area (TPSA) is 70.7 Å². The van der Waals surface area contributed by atoms with Crippen molar-refractivity contribution in [3.63, 3.8) is 0 Å². The lowest BCUT2D eigenvalue weighted by Gasteiger charge is -2.18. The Kier molecular flexibility index (Phi) is 6.70. The van der Waals surface area contributed by atoms with E-state index in [1.165, 1.54) is 5.56 Å². The van der Waals surface area contributed by atoms with E-state index < -0.39 is 5.92 Å². The van der Waals surface area contributed by atoms with E-state index in [0.29, 0.717) is 24.6 Å². The molecule has 4 rings (SSSR count). The molecule has 0 aliphatic carbocycles. The predicted octanol–water partition coefficient (Wildman–Crippen LogP) is 4.32. The maximum atomic E-state index is 12.7. The number of hydrogen-bond acceptors (Lipinski definition) is 4. The summed E-state index contributed by atoms with van der Waals surface area (Å²) in [5.74, 6) is -0.0417. The van der Waals surface area contributed by atoms with E-state index in [1.807, 2.05) is 78.9 Å². The summed E-state index contributed by atoms with van der Waals surface area (Å²) in [6.07, 6.45) is 1.14. The van der Waals surface area contributed by atoms with Crippen LogP contribution in [0.15, 0.2) is 78.9 Å². The molecule has 0 bridgehead atoms. The highest BCUT2D eigenvalue weighted by Crippen LogP contribution is 2.27. The molecule has 1 heterocycles. The van der Waals surface area contributed by atoms with Gasteiger partial charge < -0.3 is 9.64 Å². The molecule has 0 unspecified atom stereocenters. The van der Waals surface area contributed by atoms with Gasteiger partial charge in [-0.25, -0.2) is 0 Å². The molecule has 0 radical (unpaired) electrons. The average molecular weight is 430 g/mol. The van der Waals surface area contributed by atoms with E-state index >= 15 is 0 Å². The van der Waals surface area contributed by atoms with Gasteiger partial charge in [0.25, 0.3) is 0 Å². The van der Waals surface area contributed by atoms with Crippen molar-refractivity contribution in [2.24, 2.45) is 5.92 Å². The summed E-state index contributed by atoms with van der Waals surface area (Å²) in [5.41, 5.74) is 9.46. The van der Waals surface area contributed by atoms with Crippen LogP contribution in [0, 0.1) is 5.92 Å². The average Bonchev–Trinajstić information content (AvgIpc) is 3.24. The Morgan fingerprint density at radius 1 is 0.969 bits per heavy atom. The van der Waals surface area contributed by atoms with Crippen molar-refractivity contribution in [1.29, 1.82) is 0 Å². The Labute approximate surface area is 188 Å². The quantitative estimate of drug-likeness (QED) is 0.523. The van der Waals surface area contributed by atoms with Gasteiger partial charge in [0.15, 0.2) is 0 Å². The second kappa shape index (κ2) is 10.0. The smallest absolute Gasteiger partial charge is 0.243 e. The first-order valence-electron chi connectivity index (χ1n) is 10.8. The van der Waals surface area contributed by atoms with E-state index in [4.69, 9.17) is 4.74 Å². The minimum absolute atomic E-state index is 0.0407. The lowest BCUT2D eigenvalue weighted by atomic mass is 10.1. The van der Waals surface area contributed by atoms with Gasteiger partial charge in [0.2, 0.25) is 11.8 Å². The van der Waals surface area contributed by atoms with E-state index in [9.17, 15) is 9.59 Å². The Morgan fingerprint density at radius 2 is 1.69 bits per heavy atom. The van der Waals surface area contributed by atoms with Crippen LogP contribution in [0.5, 0.6) is 5.75 Å². The van der Waals surface area contributed by atoms with Crippen molar-refractivity contribution in [2.75, 3.05) is 16.9 Å². The van der Waals surface area contributed by atoms with Crippen LogP contribution in [0.3, 0.4) is 0 Å². The summed E-state index contributed by atoms with van der Waals surface area (Å²) in [6.45, 7) is 2.88. The molecule has 0 saturated carbocycles. The number of benzene rings is 3. The first-order chi connectivity index (χ1) is 15.6. The van der Waals surface area contributed by atoms with Gasteiger partial charge in [-0.15, -0.1) is 0 Å². The first-order valence-corrected chi connectivity index (χ1v) is 10.8. The summed E-state index contributed by atoms with van der Waals surface area (Å²) in [7, 11) is 0. The number of carbonyl (C=O) groups is 2. The predicted molar refractivity (Wildman–Crippen MR) is 125 cm³/mol. The second-order valence-corrected chi connectivity index (χ2v) is 7.81. The van der Waals surface area contributed by atoms with Gasteiger partial charge in [-0.05, 0) is 41.8 Å². The fourth-order valence-electron chi connectivity index (χ4n) is 3.71. The fourth-order valence-corrected chi connectivity index (χ4v) is 3.71. The molecule has 1 atom stereocenters. The van der Waals surface area contributed by atoms with Gasteiger partial charge in [-0.2, -0.15) is 0 Å². The Hall–Kier alpha value is -3.80. The zero-order valence-corrected chi connectivity index (χ0v) is 18.1. The van der Waals surface area contributed by atoms with Gasteiger partial charge in [-0.3, -0.25) is 20.4 Å². The number of ether oxygens (including phenoxy) is 1. The standard InChI is InChI=1S/C26H27N3O3/c1-2-19-12-14-22(15-13-19)29-17-21(16-25(29)30)26(31)28-27-23-10-6-7-11-24(23)32-18-20-8-4-3-5-9-20/h3-15,21,27H,2,16-18H2,1H3,(H,28,31)/t21-/m1/s1. The van der Waals surface area contributed by atoms with E-state index in [1.54, 1.807) is 4.90 Å². The summed E-state index contributed by atoms with van der Waals surface area (Å²) in [4.78, 5) is 26.9. The van der Waals surface area contributed by atoms with Crippen LogP contribution < -0.4 is 20.5 Å². The monoisotopic (exact) mass is 429 g/mol. The third kappa shape index (κ3) is 5.09. The van der Waals surface area contributed by atoms with Crippen molar-refractivity contribution >= 4 is 23.2 Å². The first kappa shape index (κ1) is 21.4. The largest absolute Gasteiger partial charge is 0.487 e. The van der Waals surface area contributed by atoms with E-state index in [2.05, 4.69) is 17.8 Å². The van der Waals surface area contributed by atoms with Crippen LogP contribution >= 0.6 is 0 Å². The number of rotatable bonds is 8. The molecule has 164 valence electrons. The number of anilines is 2. The second-order valence-electron chi connectivity index (χ2n) is 7.81. The molecule has 6 nitrogen and oxygen atoms in total. The molecule has 1 saturated heterocycles. The van der Waals surface area contributed by atoms with Crippen LogP contribution in [-0.4, -0.2) is 18.4 Å². The maximum absolute atomic E-state index is 12.7. The van der Waals surface area contributed by atoms with Gasteiger partial charge in [0.1, 0.15) is 12.4 Å². The Balaban J connectivity index is 1.34. The Morgan fingerprint density at radius 3 is 2.44 bits per heavy atom. The van der Waals surface area contributed by atoms with Crippen molar-refractivity contribution < 1.29 is 14.3 Å². The molecular weight excluding hydrogens is 402 g/mol. The molecule has 0 aromatic heterocycles. The Bertz CT molecular complexity index is 1070. The maximum Gasteiger partial charge on any atom is 0.243 e. The number of nitrogens with one attached hydrogen (secondary N) is 2. The van der Waals surface area contributed by atoms with Crippen LogP contribution in [0.1, 0.15) is 24.5 Å². The highest BCUT2D eigenvalue weighted by atomic mass is 16.5. The summed E-state index contributed by atoms with van der Waals surface area (Å²) >= 11 is 0. The van der Waals surface area contributed by atoms with Crippen LogP contribution in [0.4, 0.5) is 11.4 Å². The number of para-hydroxylation sites is 2. The van der Waals surface area contributed by atoms with Gasteiger partial charge in [0, 0.05) is 18.7 Å². The van der Waals surface area contributed by atoms with Crippen molar-refractivity contribution in [1.82, 2.24) is 5.43 Å². The molecule has 32 heavy (non-hydrogen) atoms. The number of carbonyl (C=O) groups excluding carboxylic acids is 2. The highest BCUT2D eigenvalue weighted by molar-refractivity contribution is 6.00. The molecule has 3 aromatic carbocycles. The van der Waals surface area contributed by atoms with Crippen LogP contribution in [-0.2, 0) is 22.6 Å². The van der Waals surface area contributed by atoms with E-state index in [-0.39, 0.29) is 18.2 Å². The molecule has 1 aliphatic rings. The highest BCUT2D eigenvalue weighted by Gasteiger charge is 2.35. The van der Waals surface area contributed by atoms with Crippen LogP contribution in [0.2, 0.25) is 0 Å². The SMILES string of the molecule is CCc1ccc(N2C[C@H](C(=O)NNc3ccccc3OCc3ccccc3)CC2=O)cc1. The van der Waals surface area contributed by atoms with Crippen molar-refractivity contribution in [3.05, 3.63) is 90.0 Å². The summed E-state index contributed by atoms with van der Waals surface area (Å²) in [6, 6.07) is 25.2. The third-order valence-electron chi connectivity index (χ3n) is 5.60. The van der Waals surface area contributed by atoms with Crippen molar-refractivity contribution in [3.8, 4) is 5.75 Å². The molecule has 2 N–H and O–H groups in total. The fraction of sp³-hybridized carbons (Fsp3) is 0.231. The molecular formula is C26H27N3O3. The molecule has 3 aromatic rings. The number of aryl methyl sites for hydroxylation is 1. The molecule has 0 spiro atoms. The normalized spacial score (nSPS) is 15.5. The van der Waals surface area contributed by atoms with Gasteiger partial charge in [0.05, 0.1) is 11.6 Å². The number of amides is 2. The zero-order valence-electron chi connectivity index (χ0n) is 18.1. The third-order valence-corrected chi connectivity index (χ3v) is 5.60. The van der Waals surface area contributed by atoms with Gasteiger partial charge >= 0.3 is 0 Å². The lowest BCUT2D eigenvalue weighted by Crippen LogP contribution is -2.36. The van der Waals surface area contributed by atoms with E-state index in [0.717, 1.165) is 17.7 Å². The van der Waals surface area contributed by atoms with Gasteiger partial charge in [-0.1, -0.05) is 61.5 Å². The molecule has 1 aliphatic heterocycles. The zero-order chi connectivity index (χ0) is 22.3. The number of hydrogen-bond donors (Lipinski definition) is 2. The number of nitrogens with zero attached hydrogens (tertiary/aromatic N) is 1. The van der Waals surface area contributed by atoms with Crippen molar-refractivity contribution in [2.45, 2.75) is 26.4 Å². The summed E-state index contributed by atoms with van der Waals surface area (Å²) < 4.78 is 5.92. The lowest BCUT2D eigenvalue weighted by molar-refractivity contribution is -0.125. The minimum Gasteiger partial charge on any atom is -0.487 e. The summed E-state index contributed by atoms with van der Waals surface area (Å²) in [5, 5.41) is 0. The number of hydrazine groups is 1. The van der Waals surface area contributed by atoms with Crippen LogP contribution in [0.25, 0.3) is 0 Å².